The highest BCUT2D eigenvalue weighted by molar-refractivity contribution is 6.55. The Morgan fingerprint density at radius 3 is 1.96 bits per heavy atom. The van der Waals surface area contributed by atoms with Crippen LogP contribution in [0.25, 0.3) is 0 Å². The fourth-order valence-electron chi connectivity index (χ4n) is 2.47. The predicted molar refractivity (Wildman–Crippen MR) is 93.5 cm³/mol. The molecular formula is C15H11Cl4N3O3. The van der Waals surface area contributed by atoms with E-state index in [0.717, 1.165) is 4.90 Å². The molecule has 6 nitrogen and oxygen atoms in total. The van der Waals surface area contributed by atoms with Crippen LogP contribution in [-0.4, -0.2) is 26.9 Å². The summed E-state index contributed by atoms with van der Waals surface area (Å²) in [5.74, 6) is -0.311. The zero-order valence-corrected chi connectivity index (χ0v) is 16.1. The zero-order chi connectivity index (χ0) is 18.5. The SMILES string of the molecule is CC(C)Cc1nc(CN2C(=O)c3c(Cl)c(Cl)c(Cl)c(Cl)c3C2=O)no1. The molecule has 0 radical (unpaired) electrons. The van der Waals surface area contributed by atoms with Crippen molar-refractivity contribution < 1.29 is 14.1 Å². The average Bonchev–Trinajstić information content (AvgIpc) is 3.08. The second-order valence-electron chi connectivity index (χ2n) is 5.90. The second-order valence-corrected chi connectivity index (χ2v) is 7.42. The van der Waals surface area contributed by atoms with Crippen LogP contribution in [0, 0.1) is 5.92 Å². The molecular weight excluding hydrogens is 412 g/mol. The Hall–Kier alpha value is -1.34. The third-order valence-electron chi connectivity index (χ3n) is 3.58. The number of imide groups is 1. The molecule has 10 heteroatoms. The summed E-state index contributed by atoms with van der Waals surface area (Å²) >= 11 is 24.1. The standard InChI is InChI=1S/C15H11Cl4N3O3/c1-5(2)3-7-20-6(21-25-7)4-22-14(23)8-9(15(22)24)11(17)13(19)12(18)10(8)16/h5H,3-4H2,1-2H3. The van der Waals surface area contributed by atoms with Crippen LogP contribution in [0.5, 0.6) is 0 Å². The quantitative estimate of drug-likeness (QED) is 0.406. The maximum atomic E-state index is 12.6. The number of amides is 2. The number of fused-ring (bicyclic) bond motifs is 1. The summed E-state index contributed by atoms with van der Waals surface area (Å²) in [6.07, 6.45) is 0.595. The van der Waals surface area contributed by atoms with Gasteiger partial charge in [-0.3, -0.25) is 14.5 Å². The van der Waals surface area contributed by atoms with Crippen molar-refractivity contribution in [1.29, 1.82) is 0 Å². The molecule has 0 saturated carbocycles. The van der Waals surface area contributed by atoms with Gasteiger partial charge < -0.3 is 4.52 Å². The Labute approximate surface area is 163 Å². The van der Waals surface area contributed by atoms with Crippen molar-refractivity contribution in [3.63, 3.8) is 0 Å². The fraction of sp³-hybridized carbons (Fsp3) is 0.333. The molecule has 0 spiro atoms. The number of hydrogen-bond donors (Lipinski definition) is 0. The minimum Gasteiger partial charge on any atom is -0.339 e. The maximum absolute atomic E-state index is 12.6. The topological polar surface area (TPSA) is 76.3 Å². The van der Waals surface area contributed by atoms with Crippen molar-refractivity contribution in [2.24, 2.45) is 5.92 Å². The summed E-state index contributed by atoms with van der Waals surface area (Å²) < 4.78 is 5.11. The lowest BCUT2D eigenvalue weighted by Crippen LogP contribution is -2.29. The van der Waals surface area contributed by atoms with Crippen molar-refractivity contribution >= 4 is 58.2 Å². The summed E-state index contributed by atoms with van der Waals surface area (Å²) in [7, 11) is 0. The molecule has 0 fully saturated rings. The van der Waals surface area contributed by atoms with E-state index in [1.54, 1.807) is 0 Å². The molecule has 1 aliphatic heterocycles. The Balaban J connectivity index is 1.94. The molecule has 2 amide bonds. The molecule has 0 bridgehead atoms. The first-order valence-corrected chi connectivity index (χ1v) is 8.77. The van der Waals surface area contributed by atoms with Crippen LogP contribution in [-0.2, 0) is 13.0 Å². The van der Waals surface area contributed by atoms with Crippen molar-refractivity contribution in [2.45, 2.75) is 26.8 Å². The van der Waals surface area contributed by atoms with E-state index in [2.05, 4.69) is 10.1 Å². The van der Waals surface area contributed by atoms with Gasteiger partial charge in [-0.05, 0) is 5.92 Å². The molecule has 2 aromatic rings. The number of halogens is 4. The van der Waals surface area contributed by atoms with Crippen LogP contribution in [0.2, 0.25) is 20.1 Å². The highest BCUT2D eigenvalue weighted by atomic mass is 35.5. The van der Waals surface area contributed by atoms with Crippen molar-refractivity contribution in [3.8, 4) is 0 Å². The summed E-state index contributed by atoms with van der Waals surface area (Å²) in [6.45, 7) is 3.84. The van der Waals surface area contributed by atoms with Gasteiger partial charge in [0.05, 0.1) is 37.8 Å². The minimum atomic E-state index is -0.638. The summed E-state index contributed by atoms with van der Waals surface area (Å²) in [4.78, 5) is 30.3. The van der Waals surface area contributed by atoms with Gasteiger partial charge in [0, 0.05) is 6.42 Å². The lowest BCUT2D eigenvalue weighted by Gasteiger charge is -2.10. The molecule has 0 unspecified atom stereocenters. The Morgan fingerprint density at radius 2 is 1.48 bits per heavy atom. The fourth-order valence-corrected chi connectivity index (χ4v) is 3.48. The zero-order valence-electron chi connectivity index (χ0n) is 13.1. The van der Waals surface area contributed by atoms with Crippen LogP contribution >= 0.6 is 46.4 Å². The third kappa shape index (κ3) is 3.12. The van der Waals surface area contributed by atoms with Crippen molar-refractivity contribution in [2.75, 3.05) is 0 Å². The number of nitrogens with zero attached hydrogens (tertiary/aromatic N) is 3. The van der Waals surface area contributed by atoms with E-state index in [1.807, 2.05) is 13.8 Å². The first-order valence-electron chi connectivity index (χ1n) is 7.26. The highest BCUT2D eigenvalue weighted by Crippen LogP contribution is 2.44. The van der Waals surface area contributed by atoms with Gasteiger partial charge in [0.15, 0.2) is 5.82 Å². The van der Waals surface area contributed by atoms with Gasteiger partial charge in [-0.25, -0.2) is 0 Å². The number of aromatic nitrogens is 2. The Kier molecular flexibility index (Phi) is 4.99. The molecule has 132 valence electrons. The van der Waals surface area contributed by atoms with Crippen molar-refractivity contribution in [1.82, 2.24) is 15.0 Å². The lowest BCUT2D eigenvalue weighted by atomic mass is 10.1. The highest BCUT2D eigenvalue weighted by Gasteiger charge is 2.42. The van der Waals surface area contributed by atoms with E-state index in [-0.39, 0.29) is 43.6 Å². The monoisotopic (exact) mass is 421 g/mol. The van der Waals surface area contributed by atoms with Crippen LogP contribution in [0.3, 0.4) is 0 Å². The molecule has 0 atom stereocenters. The average molecular weight is 423 g/mol. The van der Waals surface area contributed by atoms with Gasteiger partial charge in [0.2, 0.25) is 5.89 Å². The number of benzene rings is 1. The summed E-state index contributed by atoms with van der Waals surface area (Å²) in [5.41, 5.74) is -0.145. The second kappa shape index (κ2) is 6.76. The summed E-state index contributed by atoms with van der Waals surface area (Å²) in [5, 5.41) is 3.42. The van der Waals surface area contributed by atoms with E-state index in [1.165, 1.54) is 0 Å². The number of carbonyl (C=O) groups is 2. The van der Waals surface area contributed by atoms with Gasteiger partial charge in [0.25, 0.3) is 11.8 Å². The Morgan fingerprint density at radius 1 is 0.960 bits per heavy atom. The normalized spacial score (nSPS) is 14.0. The van der Waals surface area contributed by atoms with E-state index >= 15 is 0 Å². The van der Waals surface area contributed by atoms with Crippen LogP contribution in [0.1, 0.15) is 46.3 Å². The first-order chi connectivity index (χ1) is 11.7. The molecule has 0 N–H and O–H groups in total. The van der Waals surface area contributed by atoms with E-state index in [4.69, 9.17) is 50.9 Å². The maximum Gasteiger partial charge on any atom is 0.263 e. The van der Waals surface area contributed by atoms with Gasteiger partial charge in [-0.1, -0.05) is 65.4 Å². The first kappa shape index (κ1) is 18.5. The number of rotatable bonds is 4. The number of hydrogen-bond acceptors (Lipinski definition) is 5. The molecule has 3 rings (SSSR count). The van der Waals surface area contributed by atoms with Crippen LogP contribution in [0.15, 0.2) is 4.52 Å². The lowest BCUT2D eigenvalue weighted by molar-refractivity contribution is 0.0637. The van der Waals surface area contributed by atoms with E-state index in [9.17, 15) is 9.59 Å². The van der Waals surface area contributed by atoms with Crippen molar-refractivity contribution in [3.05, 3.63) is 42.9 Å². The van der Waals surface area contributed by atoms with Gasteiger partial charge in [-0.2, -0.15) is 4.98 Å². The molecule has 1 aromatic heterocycles. The van der Waals surface area contributed by atoms with Gasteiger partial charge in [0.1, 0.15) is 0 Å². The smallest absolute Gasteiger partial charge is 0.263 e. The summed E-state index contributed by atoms with van der Waals surface area (Å²) in [6, 6.07) is 0. The molecule has 1 aromatic carbocycles. The van der Waals surface area contributed by atoms with Crippen LogP contribution in [0.4, 0.5) is 0 Å². The predicted octanol–water partition coefficient (Wildman–Crippen LogP) is 4.68. The molecule has 1 aliphatic rings. The number of carbonyl (C=O) groups excluding carboxylic acids is 2. The van der Waals surface area contributed by atoms with Gasteiger partial charge in [-0.15, -0.1) is 0 Å². The molecule has 0 aliphatic carbocycles. The molecule has 25 heavy (non-hydrogen) atoms. The molecule has 2 heterocycles. The van der Waals surface area contributed by atoms with Gasteiger partial charge >= 0.3 is 0 Å². The third-order valence-corrected chi connectivity index (χ3v) is 5.38. The molecule has 0 saturated heterocycles. The van der Waals surface area contributed by atoms with Crippen LogP contribution < -0.4 is 0 Å². The minimum absolute atomic E-state index is 0.0723. The van der Waals surface area contributed by atoms with E-state index in [0.29, 0.717) is 18.2 Å². The largest absolute Gasteiger partial charge is 0.339 e. The Bertz CT molecular complexity index is 848. The van der Waals surface area contributed by atoms with E-state index < -0.39 is 11.8 Å².